The number of amides is 2. The first-order valence-corrected chi connectivity index (χ1v) is 7.83. The fourth-order valence-electron chi connectivity index (χ4n) is 2.80. The Labute approximate surface area is 127 Å². The largest absolute Gasteiger partial charge is 0.330 e. The summed E-state index contributed by atoms with van der Waals surface area (Å²) in [5.74, 6) is 0.595. The van der Waals surface area contributed by atoms with Gasteiger partial charge in [0.25, 0.3) is 0 Å². The third-order valence-corrected chi connectivity index (χ3v) is 3.93. The van der Waals surface area contributed by atoms with Crippen molar-refractivity contribution in [1.82, 2.24) is 14.8 Å². The number of nitrogens with two attached hydrogens (primary N) is 1. The maximum absolute atomic E-state index is 12.7. The van der Waals surface area contributed by atoms with Crippen LogP contribution in [0.2, 0.25) is 0 Å². The molecule has 2 rings (SSSR count). The van der Waals surface area contributed by atoms with Gasteiger partial charge in [-0.3, -0.25) is 4.98 Å². The minimum Gasteiger partial charge on any atom is -0.330 e. The van der Waals surface area contributed by atoms with Crippen LogP contribution in [0.25, 0.3) is 0 Å². The molecule has 2 amide bonds. The molecule has 1 fully saturated rings. The van der Waals surface area contributed by atoms with E-state index in [1.54, 1.807) is 6.20 Å². The third kappa shape index (κ3) is 4.70. The number of likely N-dealkylation sites (tertiary alicyclic amines) is 1. The third-order valence-electron chi connectivity index (χ3n) is 3.93. The van der Waals surface area contributed by atoms with E-state index in [-0.39, 0.29) is 6.03 Å². The van der Waals surface area contributed by atoms with Crippen molar-refractivity contribution in [3.05, 3.63) is 30.1 Å². The summed E-state index contributed by atoms with van der Waals surface area (Å²) < 4.78 is 0. The second kappa shape index (κ2) is 7.98. The zero-order valence-electron chi connectivity index (χ0n) is 12.9. The number of carbonyl (C=O) groups excluding carboxylic acids is 1. The molecular formula is C16H26N4O. The summed E-state index contributed by atoms with van der Waals surface area (Å²) in [5, 5.41) is 0. The molecule has 21 heavy (non-hydrogen) atoms. The molecule has 5 heteroatoms. The molecule has 2 heterocycles. The molecular weight excluding hydrogens is 264 g/mol. The highest BCUT2D eigenvalue weighted by atomic mass is 16.2. The lowest BCUT2D eigenvalue weighted by Gasteiger charge is -2.35. The van der Waals surface area contributed by atoms with Gasteiger partial charge in [0, 0.05) is 38.6 Å². The number of hydrogen-bond donors (Lipinski definition) is 1. The van der Waals surface area contributed by atoms with E-state index in [1.165, 1.54) is 6.42 Å². The van der Waals surface area contributed by atoms with Gasteiger partial charge < -0.3 is 15.5 Å². The van der Waals surface area contributed by atoms with E-state index < -0.39 is 0 Å². The van der Waals surface area contributed by atoms with E-state index in [9.17, 15) is 4.79 Å². The smallest absolute Gasteiger partial charge is 0.320 e. The molecule has 2 N–H and O–H groups in total. The fourth-order valence-corrected chi connectivity index (χ4v) is 2.80. The number of urea groups is 1. The van der Waals surface area contributed by atoms with Crippen molar-refractivity contribution in [1.29, 1.82) is 0 Å². The molecule has 1 atom stereocenters. The van der Waals surface area contributed by atoms with Crippen LogP contribution in [0, 0.1) is 5.92 Å². The van der Waals surface area contributed by atoms with E-state index in [1.807, 2.05) is 28.1 Å². The van der Waals surface area contributed by atoms with Crippen LogP contribution in [0.3, 0.4) is 0 Å². The number of hydrogen-bond acceptors (Lipinski definition) is 3. The Morgan fingerprint density at radius 3 is 3.10 bits per heavy atom. The molecule has 0 aliphatic carbocycles. The molecule has 1 aromatic heterocycles. The van der Waals surface area contributed by atoms with Gasteiger partial charge in [-0.25, -0.2) is 4.79 Å². The summed E-state index contributed by atoms with van der Waals surface area (Å²) in [6.45, 7) is 5.87. The van der Waals surface area contributed by atoms with Crippen LogP contribution in [0.15, 0.2) is 24.5 Å². The van der Waals surface area contributed by atoms with Crippen LogP contribution in [-0.2, 0) is 6.54 Å². The predicted molar refractivity (Wildman–Crippen MR) is 83.7 cm³/mol. The maximum atomic E-state index is 12.7. The monoisotopic (exact) mass is 290 g/mol. The van der Waals surface area contributed by atoms with Crippen LogP contribution < -0.4 is 5.73 Å². The molecule has 1 saturated heterocycles. The molecule has 0 aromatic carbocycles. The average Bonchev–Trinajstić information content (AvgIpc) is 2.51. The SMILES string of the molecule is CC1CCCN(C(=O)N(CCCN)Cc2cccnc2)C1. The molecule has 0 bridgehead atoms. The Bertz CT molecular complexity index is 437. The number of pyridine rings is 1. The lowest BCUT2D eigenvalue weighted by molar-refractivity contribution is 0.128. The molecule has 5 nitrogen and oxygen atoms in total. The van der Waals surface area contributed by atoms with Gasteiger partial charge in [0.05, 0.1) is 0 Å². The minimum atomic E-state index is 0.138. The van der Waals surface area contributed by atoms with Gasteiger partial charge >= 0.3 is 6.03 Å². The topological polar surface area (TPSA) is 62.5 Å². The second-order valence-electron chi connectivity index (χ2n) is 5.90. The molecule has 1 unspecified atom stereocenters. The van der Waals surface area contributed by atoms with Crippen molar-refractivity contribution >= 4 is 6.03 Å². The minimum absolute atomic E-state index is 0.138. The van der Waals surface area contributed by atoms with Crippen molar-refractivity contribution in [2.75, 3.05) is 26.2 Å². The van der Waals surface area contributed by atoms with Crippen molar-refractivity contribution in [2.45, 2.75) is 32.7 Å². The van der Waals surface area contributed by atoms with Crippen LogP contribution >= 0.6 is 0 Å². The number of rotatable bonds is 5. The lowest BCUT2D eigenvalue weighted by atomic mass is 10.0. The standard InChI is InChI=1S/C16H26N4O/c1-14-5-3-9-19(12-14)16(21)20(10-4-7-17)13-15-6-2-8-18-11-15/h2,6,8,11,14H,3-5,7,9-10,12-13,17H2,1H3. The van der Waals surface area contributed by atoms with Crippen molar-refractivity contribution in [3.8, 4) is 0 Å². The zero-order valence-corrected chi connectivity index (χ0v) is 12.9. The van der Waals surface area contributed by atoms with Crippen LogP contribution in [0.5, 0.6) is 0 Å². The lowest BCUT2D eigenvalue weighted by Crippen LogP contribution is -2.47. The summed E-state index contributed by atoms with van der Waals surface area (Å²) in [6.07, 6.45) is 6.72. The van der Waals surface area contributed by atoms with Crippen molar-refractivity contribution < 1.29 is 4.79 Å². The summed E-state index contributed by atoms with van der Waals surface area (Å²) in [7, 11) is 0. The van der Waals surface area contributed by atoms with Gasteiger partial charge in [-0.1, -0.05) is 13.0 Å². The molecule has 0 saturated carbocycles. The Morgan fingerprint density at radius 2 is 2.43 bits per heavy atom. The van der Waals surface area contributed by atoms with Crippen molar-refractivity contribution in [2.24, 2.45) is 11.7 Å². The summed E-state index contributed by atoms with van der Waals surface area (Å²) in [6, 6.07) is 4.05. The predicted octanol–water partition coefficient (Wildman–Crippen LogP) is 2.08. The molecule has 1 aliphatic rings. The molecule has 116 valence electrons. The van der Waals surface area contributed by atoms with Gasteiger partial charge in [-0.15, -0.1) is 0 Å². The van der Waals surface area contributed by atoms with Gasteiger partial charge in [-0.05, 0) is 43.4 Å². The van der Waals surface area contributed by atoms with Crippen LogP contribution in [-0.4, -0.2) is 47.0 Å². The first-order valence-electron chi connectivity index (χ1n) is 7.83. The number of aromatic nitrogens is 1. The van der Waals surface area contributed by atoms with Crippen molar-refractivity contribution in [3.63, 3.8) is 0 Å². The van der Waals surface area contributed by atoms with E-state index in [4.69, 9.17) is 5.73 Å². The Morgan fingerprint density at radius 1 is 1.57 bits per heavy atom. The van der Waals surface area contributed by atoms with E-state index in [0.29, 0.717) is 25.6 Å². The van der Waals surface area contributed by atoms with E-state index in [2.05, 4.69) is 11.9 Å². The fraction of sp³-hybridized carbons (Fsp3) is 0.625. The number of nitrogens with zero attached hydrogens (tertiary/aromatic N) is 3. The Balaban J connectivity index is 2.02. The zero-order chi connectivity index (χ0) is 15.1. The molecule has 0 spiro atoms. The van der Waals surface area contributed by atoms with Crippen LogP contribution in [0.1, 0.15) is 31.7 Å². The average molecular weight is 290 g/mol. The maximum Gasteiger partial charge on any atom is 0.320 e. The highest BCUT2D eigenvalue weighted by Gasteiger charge is 2.25. The Kier molecular flexibility index (Phi) is 5.99. The van der Waals surface area contributed by atoms with Gasteiger partial charge in [0.2, 0.25) is 0 Å². The van der Waals surface area contributed by atoms with E-state index >= 15 is 0 Å². The second-order valence-corrected chi connectivity index (χ2v) is 5.90. The van der Waals surface area contributed by atoms with Crippen LogP contribution in [0.4, 0.5) is 4.79 Å². The highest BCUT2D eigenvalue weighted by molar-refractivity contribution is 5.74. The molecule has 1 aliphatic heterocycles. The van der Waals surface area contributed by atoms with Gasteiger partial charge in [0.1, 0.15) is 0 Å². The van der Waals surface area contributed by atoms with Gasteiger partial charge in [-0.2, -0.15) is 0 Å². The molecule has 1 aromatic rings. The number of piperidine rings is 1. The summed E-state index contributed by atoms with van der Waals surface area (Å²) >= 11 is 0. The first-order chi connectivity index (χ1) is 10.2. The first kappa shape index (κ1) is 15.8. The van der Waals surface area contributed by atoms with Gasteiger partial charge in [0.15, 0.2) is 0 Å². The number of carbonyl (C=O) groups is 1. The normalized spacial score (nSPS) is 18.6. The molecule has 0 radical (unpaired) electrons. The quantitative estimate of drug-likeness (QED) is 0.903. The summed E-state index contributed by atoms with van der Waals surface area (Å²) in [5.41, 5.74) is 6.67. The highest BCUT2D eigenvalue weighted by Crippen LogP contribution is 2.18. The Hall–Kier alpha value is -1.62. The summed E-state index contributed by atoms with van der Waals surface area (Å²) in [4.78, 5) is 20.8. The van der Waals surface area contributed by atoms with E-state index in [0.717, 1.165) is 31.5 Å².